The van der Waals surface area contributed by atoms with Crippen LogP contribution in [0.4, 0.5) is 11.4 Å². The van der Waals surface area contributed by atoms with Gasteiger partial charge in [0.1, 0.15) is 5.60 Å². The first kappa shape index (κ1) is 21.4. The van der Waals surface area contributed by atoms with Crippen molar-refractivity contribution in [1.29, 1.82) is 0 Å². The second-order valence-corrected chi connectivity index (χ2v) is 7.25. The molecule has 10 heteroatoms. The lowest BCUT2D eigenvalue weighted by molar-refractivity contribution is 0.0734. The first-order valence-electron chi connectivity index (χ1n) is 8.99. The third-order valence-corrected chi connectivity index (χ3v) is 4.43. The monoisotopic (exact) mass is 428 g/mol. The van der Waals surface area contributed by atoms with Gasteiger partial charge in [0.15, 0.2) is 16.6 Å². The highest BCUT2D eigenvalue weighted by Gasteiger charge is 2.20. The van der Waals surface area contributed by atoms with Gasteiger partial charge in [-0.1, -0.05) is 17.7 Å². The van der Waals surface area contributed by atoms with Gasteiger partial charge in [-0.15, -0.1) is 10.2 Å². The highest BCUT2D eigenvalue weighted by molar-refractivity contribution is 6.29. The second-order valence-electron chi connectivity index (χ2n) is 6.87. The summed E-state index contributed by atoms with van der Waals surface area (Å²) in [5, 5.41) is 23.5. The van der Waals surface area contributed by atoms with Crippen LogP contribution >= 0.6 is 11.6 Å². The Morgan fingerprint density at radius 1 is 1.17 bits per heavy atom. The summed E-state index contributed by atoms with van der Waals surface area (Å²) in [6, 6.07) is 6.92. The molecule has 0 atom stereocenters. The number of carbonyl (C=O) groups excluding carboxylic acids is 1. The Hall–Kier alpha value is -3.30. The van der Waals surface area contributed by atoms with Gasteiger partial charge in [0.05, 0.1) is 42.3 Å². The maximum absolute atomic E-state index is 12.1. The lowest BCUT2D eigenvalue weighted by atomic mass is 10.1. The molecule has 0 radical (unpaired) electrons. The Kier molecular flexibility index (Phi) is 6.14. The largest absolute Gasteiger partial charge is 0.494 e. The van der Waals surface area contributed by atoms with Crippen molar-refractivity contribution < 1.29 is 14.6 Å². The SMILES string of the molecule is CNC(=O)c1nnc(Cl)cc1Nc1cccc(-c2cnc(C(C)(C)O)cn2)c1OC. The molecule has 2 heterocycles. The van der Waals surface area contributed by atoms with E-state index >= 15 is 0 Å². The van der Waals surface area contributed by atoms with Gasteiger partial charge in [-0.2, -0.15) is 0 Å². The van der Waals surface area contributed by atoms with Crippen molar-refractivity contribution in [2.45, 2.75) is 19.4 Å². The van der Waals surface area contributed by atoms with E-state index in [0.717, 1.165) is 0 Å². The summed E-state index contributed by atoms with van der Waals surface area (Å²) in [7, 11) is 3.03. The molecule has 0 aliphatic carbocycles. The van der Waals surface area contributed by atoms with E-state index in [1.807, 2.05) is 12.1 Å². The van der Waals surface area contributed by atoms with Crippen molar-refractivity contribution in [1.82, 2.24) is 25.5 Å². The van der Waals surface area contributed by atoms with Gasteiger partial charge < -0.3 is 20.5 Å². The standard InChI is InChI=1S/C20H21ClN6O3/c1-20(2,29)15-10-23-14(9-24-15)11-6-5-7-12(18(11)30-4)25-13-8-16(21)26-27-17(13)19(28)22-3/h5-10,29H,1-4H3,(H,22,28)(H,25,26). The number of hydrogen-bond acceptors (Lipinski definition) is 8. The average molecular weight is 429 g/mol. The molecule has 9 nitrogen and oxygen atoms in total. The van der Waals surface area contributed by atoms with Crippen LogP contribution in [0.15, 0.2) is 36.7 Å². The number of para-hydroxylation sites is 1. The topological polar surface area (TPSA) is 122 Å². The molecule has 1 aromatic carbocycles. The fourth-order valence-corrected chi connectivity index (χ4v) is 2.88. The lowest BCUT2D eigenvalue weighted by Gasteiger charge is -2.18. The molecule has 30 heavy (non-hydrogen) atoms. The molecule has 1 amide bonds. The van der Waals surface area contributed by atoms with Gasteiger partial charge in [0.2, 0.25) is 0 Å². The quantitative estimate of drug-likeness (QED) is 0.547. The number of anilines is 2. The molecule has 3 N–H and O–H groups in total. The second kappa shape index (κ2) is 8.60. The molecule has 0 spiro atoms. The van der Waals surface area contributed by atoms with Crippen molar-refractivity contribution in [3.63, 3.8) is 0 Å². The van der Waals surface area contributed by atoms with E-state index in [2.05, 4.69) is 30.8 Å². The Labute approximate surface area is 178 Å². The number of halogens is 1. The summed E-state index contributed by atoms with van der Waals surface area (Å²) >= 11 is 5.97. The first-order chi connectivity index (χ1) is 14.2. The summed E-state index contributed by atoms with van der Waals surface area (Å²) in [5.74, 6) is 0.0726. The van der Waals surface area contributed by atoms with E-state index in [0.29, 0.717) is 34.1 Å². The predicted octanol–water partition coefficient (Wildman–Crippen LogP) is 2.93. The lowest BCUT2D eigenvalue weighted by Crippen LogP contribution is -2.21. The number of ether oxygens (including phenoxy) is 1. The number of aromatic nitrogens is 4. The minimum atomic E-state index is -1.09. The molecule has 3 aromatic rings. The summed E-state index contributed by atoms with van der Waals surface area (Å²) in [6.07, 6.45) is 3.08. The zero-order valence-electron chi connectivity index (χ0n) is 16.9. The van der Waals surface area contributed by atoms with Crippen molar-refractivity contribution in [3.05, 3.63) is 53.2 Å². The minimum Gasteiger partial charge on any atom is -0.494 e. The molecule has 0 fully saturated rings. The van der Waals surface area contributed by atoms with Crippen LogP contribution in [-0.2, 0) is 5.60 Å². The average Bonchev–Trinajstić information content (AvgIpc) is 2.72. The molecule has 0 saturated carbocycles. The highest BCUT2D eigenvalue weighted by Crippen LogP contribution is 2.37. The Morgan fingerprint density at radius 2 is 1.93 bits per heavy atom. The number of hydrogen-bond donors (Lipinski definition) is 3. The maximum Gasteiger partial charge on any atom is 0.273 e. The van der Waals surface area contributed by atoms with Crippen molar-refractivity contribution in [2.75, 3.05) is 19.5 Å². The normalized spacial score (nSPS) is 11.1. The van der Waals surface area contributed by atoms with Crippen LogP contribution in [0.1, 0.15) is 30.0 Å². The van der Waals surface area contributed by atoms with Crippen LogP contribution in [0.5, 0.6) is 5.75 Å². The molecule has 0 unspecified atom stereocenters. The summed E-state index contributed by atoms with van der Waals surface area (Å²) < 4.78 is 5.61. The van der Waals surface area contributed by atoms with Crippen LogP contribution in [-0.4, -0.2) is 45.3 Å². The van der Waals surface area contributed by atoms with Crippen LogP contribution in [0.2, 0.25) is 5.15 Å². The molecule has 0 aliphatic rings. The molecule has 0 bridgehead atoms. The van der Waals surface area contributed by atoms with Crippen molar-refractivity contribution in [3.8, 4) is 17.0 Å². The highest BCUT2D eigenvalue weighted by atomic mass is 35.5. The minimum absolute atomic E-state index is 0.0867. The zero-order chi connectivity index (χ0) is 21.9. The number of nitrogens with one attached hydrogen (secondary N) is 2. The fraction of sp³-hybridized carbons (Fsp3) is 0.250. The molecule has 0 aliphatic heterocycles. The van der Waals surface area contributed by atoms with Gasteiger partial charge in [-0.25, -0.2) is 0 Å². The van der Waals surface area contributed by atoms with Crippen molar-refractivity contribution >= 4 is 28.9 Å². The number of rotatable bonds is 6. The number of aliphatic hydroxyl groups is 1. The number of methoxy groups -OCH3 is 1. The number of carbonyl (C=O) groups is 1. The van der Waals surface area contributed by atoms with Gasteiger partial charge in [-0.3, -0.25) is 14.8 Å². The van der Waals surface area contributed by atoms with Gasteiger partial charge in [0, 0.05) is 18.7 Å². The Morgan fingerprint density at radius 3 is 2.53 bits per heavy atom. The third kappa shape index (κ3) is 4.47. The molecule has 3 rings (SSSR count). The molecular weight excluding hydrogens is 408 g/mol. The van der Waals surface area contributed by atoms with Crippen molar-refractivity contribution in [2.24, 2.45) is 0 Å². The van der Waals surface area contributed by atoms with E-state index in [1.54, 1.807) is 26.1 Å². The van der Waals surface area contributed by atoms with Gasteiger partial charge >= 0.3 is 0 Å². The van der Waals surface area contributed by atoms with Gasteiger partial charge in [-0.05, 0) is 26.0 Å². The number of benzene rings is 1. The van der Waals surface area contributed by atoms with Crippen LogP contribution in [0.25, 0.3) is 11.3 Å². The van der Waals surface area contributed by atoms with E-state index in [4.69, 9.17) is 16.3 Å². The fourth-order valence-electron chi connectivity index (χ4n) is 2.73. The Balaban J connectivity index is 2.03. The van der Waals surface area contributed by atoms with E-state index in [-0.39, 0.29) is 10.8 Å². The number of nitrogens with zero attached hydrogens (tertiary/aromatic N) is 4. The maximum atomic E-state index is 12.1. The van der Waals surface area contributed by atoms with Gasteiger partial charge in [0.25, 0.3) is 5.91 Å². The Bertz CT molecular complexity index is 1070. The zero-order valence-corrected chi connectivity index (χ0v) is 17.7. The van der Waals surface area contributed by atoms with E-state index in [1.165, 1.54) is 26.4 Å². The summed E-state index contributed by atoms with van der Waals surface area (Å²) in [5.41, 5.74) is 1.61. The molecule has 0 saturated heterocycles. The van der Waals surface area contributed by atoms with E-state index < -0.39 is 11.5 Å². The molecule has 2 aromatic heterocycles. The summed E-state index contributed by atoms with van der Waals surface area (Å²) in [4.78, 5) is 20.8. The first-order valence-corrected chi connectivity index (χ1v) is 9.37. The molecule has 156 valence electrons. The summed E-state index contributed by atoms with van der Waals surface area (Å²) in [6.45, 7) is 3.28. The molecular formula is C20H21ClN6O3. The third-order valence-electron chi connectivity index (χ3n) is 4.25. The number of amides is 1. The van der Waals surface area contributed by atoms with Crippen LogP contribution in [0, 0.1) is 0 Å². The predicted molar refractivity (Wildman–Crippen MR) is 113 cm³/mol. The van der Waals surface area contributed by atoms with E-state index in [9.17, 15) is 9.90 Å². The van der Waals surface area contributed by atoms with Crippen LogP contribution in [0.3, 0.4) is 0 Å². The smallest absolute Gasteiger partial charge is 0.273 e. The van der Waals surface area contributed by atoms with Crippen LogP contribution < -0.4 is 15.4 Å².